The second kappa shape index (κ2) is 7.05. The molecule has 1 aliphatic rings. The Kier molecular flexibility index (Phi) is 4.43. The summed E-state index contributed by atoms with van der Waals surface area (Å²) >= 11 is 1.49. The van der Waals surface area contributed by atoms with E-state index in [1.54, 1.807) is 0 Å². The lowest BCUT2D eigenvalue weighted by Crippen LogP contribution is -2.23. The molecule has 134 valence electrons. The fourth-order valence-corrected chi connectivity index (χ4v) is 3.66. The molecule has 0 bridgehead atoms. The molecule has 2 heterocycles. The Bertz CT molecular complexity index is 1100. The summed E-state index contributed by atoms with van der Waals surface area (Å²) in [4.78, 5) is 16.1. The summed E-state index contributed by atoms with van der Waals surface area (Å²) in [5.74, 6) is -0.114. The van der Waals surface area contributed by atoms with Crippen LogP contribution in [-0.4, -0.2) is 15.6 Å². The van der Waals surface area contributed by atoms with Gasteiger partial charge in [0.05, 0.1) is 11.0 Å². The summed E-state index contributed by atoms with van der Waals surface area (Å²) in [5.41, 5.74) is 15.7. The van der Waals surface area contributed by atoms with E-state index in [1.165, 1.54) is 18.0 Å². The largest absolute Gasteiger partial charge is 0.368 e. The van der Waals surface area contributed by atoms with Gasteiger partial charge in [-0.1, -0.05) is 42.5 Å². The molecule has 27 heavy (non-hydrogen) atoms. The SMILES string of the molecule is NC(=O)/C=C(\c1ccccc1)c1ccc2nc(N)n(N3C=CC=CS3)c2c1. The molecule has 1 amide bonds. The molecule has 4 rings (SSSR count). The lowest BCUT2D eigenvalue weighted by molar-refractivity contribution is -0.113. The number of amides is 1. The topological polar surface area (TPSA) is 90.2 Å². The van der Waals surface area contributed by atoms with Crippen molar-refractivity contribution in [2.75, 3.05) is 10.1 Å². The number of carbonyl (C=O) groups excluding carboxylic acids is 1. The van der Waals surface area contributed by atoms with Crippen LogP contribution in [0.5, 0.6) is 0 Å². The van der Waals surface area contributed by atoms with E-state index in [9.17, 15) is 4.79 Å². The molecule has 0 atom stereocenters. The monoisotopic (exact) mass is 375 g/mol. The van der Waals surface area contributed by atoms with Crippen molar-refractivity contribution >= 4 is 40.4 Å². The van der Waals surface area contributed by atoms with Crippen LogP contribution < -0.4 is 15.9 Å². The minimum Gasteiger partial charge on any atom is -0.368 e. The molecule has 2 aromatic carbocycles. The van der Waals surface area contributed by atoms with Crippen LogP contribution in [0.15, 0.2) is 78.4 Å². The number of carbonyl (C=O) groups is 1. The van der Waals surface area contributed by atoms with E-state index in [1.807, 2.05) is 81.4 Å². The molecule has 0 radical (unpaired) electrons. The number of anilines is 1. The number of allylic oxidation sites excluding steroid dienone is 2. The van der Waals surface area contributed by atoms with Crippen LogP contribution in [0.25, 0.3) is 16.6 Å². The maximum Gasteiger partial charge on any atom is 0.242 e. The van der Waals surface area contributed by atoms with Gasteiger partial charge in [0.2, 0.25) is 11.9 Å². The third-order valence-corrected chi connectivity index (χ3v) is 4.89. The number of primary amides is 1. The minimum absolute atomic E-state index is 0.384. The molecule has 0 fully saturated rings. The molecular formula is C20H17N5OS. The average Bonchev–Trinajstić information content (AvgIpc) is 3.02. The fourth-order valence-electron chi connectivity index (χ4n) is 2.96. The van der Waals surface area contributed by atoms with Crippen LogP contribution in [0.2, 0.25) is 0 Å². The lowest BCUT2D eigenvalue weighted by atomic mass is 9.97. The third kappa shape index (κ3) is 3.32. The first-order valence-corrected chi connectivity index (χ1v) is 9.11. The highest BCUT2D eigenvalue weighted by Gasteiger charge is 2.16. The van der Waals surface area contributed by atoms with E-state index < -0.39 is 5.91 Å². The van der Waals surface area contributed by atoms with E-state index in [0.29, 0.717) is 5.95 Å². The summed E-state index contributed by atoms with van der Waals surface area (Å²) in [6, 6.07) is 15.4. The fraction of sp³-hybridized carbons (Fsp3) is 0. The summed E-state index contributed by atoms with van der Waals surface area (Å²) < 4.78 is 3.73. The van der Waals surface area contributed by atoms with Crippen LogP contribution >= 0.6 is 11.9 Å². The number of nitrogens with zero attached hydrogens (tertiary/aromatic N) is 3. The minimum atomic E-state index is -0.498. The number of aromatic nitrogens is 2. The standard InChI is InChI=1S/C20H17N5OS/c21-19(26)13-16(14-6-2-1-3-7-14)15-8-9-17-18(12-15)25(20(22)23-17)24-10-4-5-11-27-24/h1-13H,(H2,21,26)(H2,22,23)/b16-13+. The van der Waals surface area contributed by atoms with E-state index in [2.05, 4.69) is 4.98 Å². The summed E-state index contributed by atoms with van der Waals surface area (Å²) in [7, 11) is 0. The lowest BCUT2D eigenvalue weighted by Gasteiger charge is -2.21. The number of benzene rings is 2. The van der Waals surface area contributed by atoms with Crippen LogP contribution in [0.4, 0.5) is 5.95 Å². The van der Waals surface area contributed by atoms with Gasteiger partial charge in [-0.05, 0) is 40.3 Å². The molecular weight excluding hydrogens is 358 g/mol. The molecule has 0 unspecified atom stereocenters. The maximum atomic E-state index is 11.6. The molecule has 6 nitrogen and oxygen atoms in total. The normalized spacial score (nSPS) is 14.1. The number of fused-ring (bicyclic) bond motifs is 1. The average molecular weight is 375 g/mol. The third-order valence-electron chi connectivity index (χ3n) is 4.11. The molecule has 7 heteroatoms. The van der Waals surface area contributed by atoms with Crippen LogP contribution in [0.3, 0.4) is 0 Å². The number of rotatable bonds is 4. The highest BCUT2D eigenvalue weighted by atomic mass is 32.2. The predicted molar refractivity (Wildman–Crippen MR) is 111 cm³/mol. The molecule has 1 aromatic heterocycles. The molecule has 4 N–H and O–H groups in total. The van der Waals surface area contributed by atoms with Gasteiger partial charge in [-0.2, -0.15) is 0 Å². The zero-order valence-corrected chi connectivity index (χ0v) is 15.1. The molecule has 0 spiro atoms. The number of hydrogen-bond acceptors (Lipinski definition) is 5. The number of nitrogen functional groups attached to an aromatic ring is 1. The van der Waals surface area contributed by atoms with Gasteiger partial charge in [-0.15, -0.1) is 0 Å². The Balaban J connectivity index is 1.88. The van der Waals surface area contributed by atoms with Crippen molar-refractivity contribution in [1.82, 2.24) is 9.66 Å². The van der Waals surface area contributed by atoms with E-state index in [0.717, 1.165) is 27.7 Å². The van der Waals surface area contributed by atoms with Gasteiger partial charge in [-0.3, -0.25) is 4.79 Å². The van der Waals surface area contributed by atoms with E-state index >= 15 is 0 Å². The number of hydrogen-bond donors (Lipinski definition) is 2. The Labute approximate surface area is 160 Å². The van der Waals surface area contributed by atoms with Crippen molar-refractivity contribution in [3.63, 3.8) is 0 Å². The second-order valence-corrected chi connectivity index (χ2v) is 6.75. The first-order chi connectivity index (χ1) is 13.1. The molecule has 0 aliphatic carbocycles. The van der Waals surface area contributed by atoms with Gasteiger partial charge in [0.25, 0.3) is 0 Å². The molecule has 0 saturated heterocycles. The summed E-state index contributed by atoms with van der Waals surface area (Å²) in [6.07, 6.45) is 7.23. The Morgan fingerprint density at radius 1 is 1.07 bits per heavy atom. The second-order valence-electron chi connectivity index (χ2n) is 5.89. The van der Waals surface area contributed by atoms with Crippen LogP contribution in [0, 0.1) is 0 Å². The van der Waals surface area contributed by atoms with Gasteiger partial charge in [0.1, 0.15) is 0 Å². The maximum absolute atomic E-state index is 11.6. The van der Waals surface area contributed by atoms with Crippen molar-refractivity contribution < 1.29 is 4.79 Å². The quantitative estimate of drug-likeness (QED) is 0.540. The van der Waals surface area contributed by atoms with Gasteiger partial charge in [-0.25, -0.2) is 14.1 Å². The summed E-state index contributed by atoms with van der Waals surface area (Å²) in [6.45, 7) is 0. The van der Waals surface area contributed by atoms with Crippen LogP contribution in [0.1, 0.15) is 11.1 Å². The zero-order chi connectivity index (χ0) is 18.8. The van der Waals surface area contributed by atoms with E-state index in [-0.39, 0.29) is 0 Å². The zero-order valence-electron chi connectivity index (χ0n) is 14.3. The van der Waals surface area contributed by atoms with Crippen molar-refractivity contribution in [2.24, 2.45) is 5.73 Å². The first-order valence-electron chi connectivity index (χ1n) is 8.28. The van der Waals surface area contributed by atoms with Crippen molar-refractivity contribution in [3.8, 4) is 0 Å². The van der Waals surface area contributed by atoms with Gasteiger partial charge < -0.3 is 11.5 Å². The predicted octanol–water partition coefficient (Wildman–Crippen LogP) is 3.16. The smallest absolute Gasteiger partial charge is 0.242 e. The van der Waals surface area contributed by atoms with E-state index in [4.69, 9.17) is 11.5 Å². The van der Waals surface area contributed by atoms with Crippen molar-refractivity contribution in [3.05, 3.63) is 89.5 Å². The highest BCUT2D eigenvalue weighted by molar-refractivity contribution is 8.03. The molecule has 0 saturated carbocycles. The molecule has 1 aliphatic heterocycles. The van der Waals surface area contributed by atoms with Crippen molar-refractivity contribution in [2.45, 2.75) is 0 Å². The van der Waals surface area contributed by atoms with Gasteiger partial charge in [0, 0.05) is 24.2 Å². The Morgan fingerprint density at radius 2 is 1.89 bits per heavy atom. The Hall–Kier alpha value is -3.45. The summed E-state index contributed by atoms with van der Waals surface area (Å²) in [5, 5.41) is 1.96. The van der Waals surface area contributed by atoms with Crippen LogP contribution in [-0.2, 0) is 4.79 Å². The van der Waals surface area contributed by atoms with Gasteiger partial charge in [0.15, 0.2) is 0 Å². The van der Waals surface area contributed by atoms with Crippen molar-refractivity contribution in [1.29, 1.82) is 0 Å². The van der Waals surface area contributed by atoms with Gasteiger partial charge >= 0.3 is 0 Å². The molecule has 3 aromatic rings. The number of nitrogens with two attached hydrogens (primary N) is 2. The Morgan fingerprint density at radius 3 is 2.59 bits per heavy atom. The first kappa shape index (κ1) is 17.0. The highest BCUT2D eigenvalue weighted by Crippen LogP contribution is 2.29. The number of imidazole rings is 1.